The van der Waals surface area contributed by atoms with Crippen LogP contribution in [0.15, 0.2) is 0 Å². The molecule has 0 heterocycles. The van der Waals surface area contributed by atoms with Crippen molar-refractivity contribution in [3.05, 3.63) is 0 Å². The zero-order chi connectivity index (χ0) is 32.6. The van der Waals surface area contributed by atoms with E-state index in [2.05, 4.69) is 55.4 Å². The van der Waals surface area contributed by atoms with Crippen LogP contribution >= 0.6 is 0 Å². The van der Waals surface area contributed by atoms with Gasteiger partial charge in [0.1, 0.15) is 16.1 Å². The van der Waals surface area contributed by atoms with Crippen molar-refractivity contribution < 1.29 is 24.2 Å². The molecule has 0 rings (SSSR count). The number of esters is 2. The first-order valence-electron chi connectivity index (χ1n) is 18.8. The van der Waals surface area contributed by atoms with E-state index in [9.17, 15) is 14.7 Å². The van der Waals surface area contributed by atoms with E-state index in [0.29, 0.717) is 0 Å². The second kappa shape index (κ2) is 25.5. The third-order valence-corrected chi connectivity index (χ3v) is 21.4. The lowest BCUT2D eigenvalue weighted by atomic mass is 10.2. The van der Waals surface area contributed by atoms with Crippen LogP contribution in [-0.4, -0.2) is 50.8 Å². The van der Waals surface area contributed by atoms with Crippen LogP contribution in [0.2, 0.25) is 36.3 Å². The van der Waals surface area contributed by atoms with Crippen LogP contribution in [0.4, 0.5) is 0 Å². The molecule has 0 radical (unpaired) electrons. The molecule has 0 fully saturated rings. The molecule has 43 heavy (non-hydrogen) atoms. The molecule has 0 amide bonds. The molecular weight excluding hydrogens is 569 g/mol. The van der Waals surface area contributed by atoms with Gasteiger partial charge in [-0.1, -0.05) is 182 Å². The topological polar surface area (TPSA) is 72.8 Å². The Kier molecular flexibility index (Phi) is 25.1. The van der Waals surface area contributed by atoms with E-state index in [4.69, 9.17) is 9.47 Å². The van der Waals surface area contributed by atoms with Gasteiger partial charge in [0.15, 0.2) is 6.10 Å². The fraction of sp³-hybridized carbons (Fsp3) is 0.944. The van der Waals surface area contributed by atoms with Gasteiger partial charge in [-0.3, -0.25) is 4.79 Å². The number of carbonyl (C=O) groups is 2. The van der Waals surface area contributed by atoms with Gasteiger partial charge in [0.05, 0.1) is 17.9 Å². The minimum Gasteiger partial charge on any atom is -0.466 e. The molecule has 0 spiro atoms. The standard InChI is InChI=1S/C36H74O5Si2/c1-9-17-25-42(26-18-10-2,27-19-11-3)34(23-15-7)40-33(38)31-32(37)36(39)41-35(24-16-8)43(28-20-12-4,29-21-13-5)30-22-14-6/h32,34-35,37H,9-31H2,1-8H3. The Hall–Kier alpha value is -0.666. The van der Waals surface area contributed by atoms with Crippen molar-refractivity contribution in [3.8, 4) is 0 Å². The fourth-order valence-electron chi connectivity index (χ4n) is 7.06. The number of unbranched alkanes of at least 4 members (excludes halogenated alkanes) is 6. The normalized spacial score (nSPS) is 14.3. The number of aliphatic hydroxyl groups excluding tert-OH is 1. The maximum Gasteiger partial charge on any atom is 0.335 e. The van der Waals surface area contributed by atoms with E-state index in [1.54, 1.807) is 0 Å². The van der Waals surface area contributed by atoms with Crippen molar-refractivity contribution in [3.63, 3.8) is 0 Å². The number of carbonyl (C=O) groups excluding carboxylic acids is 2. The zero-order valence-corrected chi connectivity index (χ0v) is 32.1. The first kappa shape index (κ1) is 42.3. The average Bonchev–Trinajstić information content (AvgIpc) is 3.00. The fourth-order valence-corrected chi connectivity index (χ4v) is 19.4. The summed E-state index contributed by atoms with van der Waals surface area (Å²) in [7, 11) is -3.81. The molecule has 0 aromatic rings. The molecule has 0 aromatic carbocycles. The second-order valence-electron chi connectivity index (χ2n) is 13.5. The van der Waals surface area contributed by atoms with E-state index < -0.39 is 34.2 Å². The summed E-state index contributed by atoms with van der Waals surface area (Å²) in [5.41, 5.74) is -0.131. The highest BCUT2D eigenvalue weighted by molar-refractivity contribution is 6.81. The summed E-state index contributed by atoms with van der Waals surface area (Å²) >= 11 is 0. The van der Waals surface area contributed by atoms with E-state index >= 15 is 0 Å². The Morgan fingerprint density at radius 3 is 1.09 bits per heavy atom. The summed E-state index contributed by atoms with van der Waals surface area (Å²) in [6.07, 6.45) is 15.9. The minimum atomic E-state index is -1.92. The van der Waals surface area contributed by atoms with E-state index in [0.717, 1.165) is 64.2 Å². The molecule has 1 N–H and O–H groups in total. The van der Waals surface area contributed by atoms with Gasteiger partial charge in [-0.05, 0) is 12.8 Å². The first-order valence-corrected chi connectivity index (χ1v) is 24.2. The van der Waals surface area contributed by atoms with Crippen LogP contribution < -0.4 is 0 Å². The van der Waals surface area contributed by atoms with Crippen LogP contribution in [-0.2, 0) is 19.1 Å². The van der Waals surface area contributed by atoms with E-state index in [-0.39, 0.29) is 17.9 Å². The van der Waals surface area contributed by atoms with E-state index in [1.807, 2.05) is 0 Å². The predicted molar refractivity (Wildman–Crippen MR) is 190 cm³/mol. The Morgan fingerprint density at radius 1 is 0.512 bits per heavy atom. The van der Waals surface area contributed by atoms with Gasteiger partial charge in [0.2, 0.25) is 0 Å². The van der Waals surface area contributed by atoms with Gasteiger partial charge >= 0.3 is 11.9 Å². The third-order valence-electron chi connectivity index (χ3n) is 9.80. The average molecular weight is 643 g/mol. The molecule has 0 aliphatic heterocycles. The van der Waals surface area contributed by atoms with Crippen LogP contribution in [0.3, 0.4) is 0 Å². The summed E-state index contributed by atoms with van der Waals surface area (Å²) in [6.45, 7) is 17.8. The molecule has 0 aromatic heterocycles. The summed E-state index contributed by atoms with van der Waals surface area (Å²) in [5, 5.41) is 11.0. The van der Waals surface area contributed by atoms with Gasteiger partial charge in [-0.25, -0.2) is 4.79 Å². The highest BCUT2D eigenvalue weighted by atomic mass is 28.3. The molecule has 0 saturated carbocycles. The number of hydrogen-bond donors (Lipinski definition) is 1. The van der Waals surface area contributed by atoms with Crippen LogP contribution in [0, 0.1) is 0 Å². The number of aliphatic hydroxyl groups is 1. The SMILES string of the molecule is CCCC[Si](CCCC)(CCCC)C(CCC)OC(=O)CC(O)C(=O)OC(CCC)[Si](CCCC)(CCCC)CCCC. The van der Waals surface area contributed by atoms with Crippen molar-refractivity contribution in [2.24, 2.45) is 0 Å². The third kappa shape index (κ3) is 15.9. The van der Waals surface area contributed by atoms with Gasteiger partial charge in [-0.15, -0.1) is 0 Å². The monoisotopic (exact) mass is 643 g/mol. The molecule has 5 nitrogen and oxygen atoms in total. The van der Waals surface area contributed by atoms with Gasteiger partial charge in [0, 0.05) is 0 Å². The molecule has 3 atom stereocenters. The quantitative estimate of drug-likeness (QED) is 0.0649. The zero-order valence-electron chi connectivity index (χ0n) is 30.1. The van der Waals surface area contributed by atoms with Crippen LogP contribution in [0.5, 0.6) is 0 Å². The summed E-state index contributed by atoms with van der Waals surface area (Å²) in [5.74, 6) is -1.04. The second-order valence-corrected chi connectivity index (χ2v) is 23.3. The number of ether oxygens (including phenoxy) is 2. The lowest BCUT2D eigenvalue weighted by molar-refractivity contribution is -0.162. The van der Waals surface area contributed by atoms with Gasteiger partial charge in [-0.2, -0.15) is 0 Å². The molecule has 256 valence electrons. The van der Waals surface area contributed by atoms with Crippen LogP contribution in [0.25, 0.3) is 0 Å². The summed E-state index contributed by atoms with van der Waals surface area (Å²) in [4.78, 5) is 26.8. The Bertz CT molecular complexity index is 658. The lowest BCUT2D eigenvalue weighted by Crippen LogP contribution is -2.51. The van der Waals surface area contributed by atoms with Crippen molar-refractivity contribution in [1.29, 1.82) is 0 Å². The van der Waals surface area contributed by atoms with Crippen molar-refractivity contribution in [1.82, 2.24) is 0 Å². The summed E-state index contributed by atoms with van der Waals surface area (Å²) in [6, 6.07) is 7.13. The number of rotatable bonds is 29. The maximum atomic E-state index is 13.4. The number of hydrogen-bond acceptors (Lipinski definition) is 5. The van der Waals surface area contributed by atoms with Crippen LogP contribution in [0.1, 0.15) is 165 Å². The lowest BCUT2D eigenvalue weighted by Gasteiger charge is -2.40. The molecular formula is C36H74O5Si2. The Morgan fingerprint density at radius 2 is 0.814 bits per heavy atom. The molecule has 0 aliphatic rings. The molecule has 7 heteroatoms. The Labute approximate surface area is 270 Å². The minimum absolute atomic E-state index is 0.0390. The molecule has 0 aliphatic carbocycles. The molecule has 0 bridgehead atoms. The van der Waals surface area contributed by atoms with Crippen molar-refractivity contribution in [2.75, 3.05) is 0 Å². The smallest absolute Gasteiger partial charge is 0.335 e. The molecule has 3 unspecified atom stereocenters. The Balaban J connectivity index is 5.91. The highest BCUT2D eigenvalue weighted by Gasteiger charge is 2.44. The van der Waals surface area contributed by atoms with Gasteiger partial charge in [0.25, 0.3) is 0 Å². The van der Waals surface area contributed by atoms with Crippen molar-refractivity contribution in [2.45, 2.75) is 218 Å². The summed E-state index contributed by atoms with van der Waals surface area (Å²) < 4.78 is 12.6. The predicted octanol–water partition coefficient (Wildman–Crippen LogP) is 10.9. The highest BCUT2D eigenvalue weighted by Crippen LogP contribution is 2.37. The molecule has 0 saturated heterocycles. The van der Waals surface area contributed by atoms with E-state index in [1.165, 1.54) is 74.8 Å². The first-order chi connectivity index (χ1) is 20.7. The van der Waals surface area contributed by atoms with Crippen molar-refractivity contribution >= 4 is 28.1 Å². The van der Waals surface area contributed by atoms with Gasteiger partial charge < -0.3 is 14.6 Å². The maximum absolute atomic E-state index is 13.4. The largest absolute Gasteiger partial charge is 0.466 e.